The average Bonchev–Trinajstić information content (AvgIpc) is 2.53. The summed E-state index contributed by atoms with van der Waals surface area (Å²) in [4.78, 5) is 14.1. The van der Waals surface area contributed by atoms with Crippen LogP contribution in [0.15, 0.2) is 12.3 Å². The lowest BCUT2D eigenvalue weighted by Crippen LogP contribution is -1.93. The van der Waals surface area contributed by atoms with E-state index in [4.69, 9.17) is 5.11 Å². The maximum absolute atomic E-state index is 10.7. The lowest BCUT2D eigenvalue weighted by Gasteiger charge is -1.88. The fourth-order valence-electron chi connectivity index (χ4n) is 1.24. The van der Waals surface area contributed by atoms with Gasteiger partial charge in [0.2, 0.25) is 0 Å². The van der Waals surface area contributed by atoms with Gasteiger partial charge >= 0.3 is 5.97 Å². The number of thiophene rings is 1. The summed E-state index contributed by atoms with van der Waals surface area (Å²) in [5.41, 5.74) is 1.77. The molecular formula is C8H7NO2S. The SMILES string of the molecule is Cc1c(C(=O)O)sc2cc[nH]c12. The number of aromatic carboxylic acids is 1. The zero-order valence-corrected chi connectivity index (χ0v) is 7.23. The second-order valence-electron chi connectivity index (χ2n) is 2.58. The molecule has 4 heteroatoms. The highest BCUT2D eigenvalue weighted by atomic mass is 32.1. The molecule has 0 atom stereocenters. The highest BCUT2D eigenvalue weighted by molar-refractivity contribution is 7.20. The van der Waals surface area contributed by atoms with Crippen LogP contribution in [0.3, 0.4) is 0 Å². The van der Waals surface area contributed by atoms with Gasteiger partial charge in [-0.05, 0) is 18.6 Å². The highest BCUT2D eigenvalue weighted by Gasteiger charge is 2.14. The molecule has 2 N–H and O–H groups in total. The molecular weight excluding hydrogens is 174 g/mol. The van der Waals surface area contributed by atoms with E-state index >= 15 is 0 Å². The number of carbonyl (C=O) groups is 1. The zero-order chi connectivity index (χ0) is 8.72. The standard InChI is InChI=1S/C8H7NO2S/c1-4-6-5(2-3-9-6)12-7(4)8(10)11/h2-3,9H,1H3,(H,10,11). The Morgan fingerprint density at radius 2 is 2.42 bits per heavy atom. The molecule has 0 aliphatic rings. The number of aromatic amines is 1. The van der Waals surface area contributed by atoms with Crippen molar-refractivity contribution in [2.75, 3.05) is 0 Å². The topological polar surface area (TPSA) is 53.1 Å². The molecule has 2 aromatic rings. The third-order valence-corrected chi connectivity index (χ3v) is 3.08. The molecule has 0 saturated heterocycles. The van der Waals surface area contributed by atoms with Crippen LogP contribution in [-0.4, -0.2) is 16.1 Å². The first kappa shape index (κ1) is 7.36. The molecule has 62 valence electrons. The quantitative estimate of drug-likeness (QED) is 0.708. The summed E-state index contributed by atoms with van der Waals surface area (Å²) >= 11 is 1.31. The van der Waals surface area contributed by atoms with Crippen LogP contribution in [0.5, 0.6) is 0 Å². The predicted octanol–water partition coefficient (Wildman–Crippen LogP) is 2.24. The highest BCUT2D eigenvalue weighted by Crippen LogP contribution is 2.29. The Bertz CT molecular complexity index is 441. The molecule has 0 saturated carbocycles. The second kappa shape index (κ2) is 2.35. The average molecular weight is 181 g/mol. The Balaban J connectivity index is 2.78. The number of hydrogen-bond donors (Lipinski definition) is 2. The fraction of sp³-hybridized carbons (Fsp3) is 0.125. The van der Waals surface area contributed by atoms with Crippen molar-refractivity contribution < 1.29 is 9.90 Å². The van der Waals surface area contributed by atoms with Gasteiger partial charge in [-0.25, -0.2) is 4.79 Å². The summed E-state index contributed by atoms with van der Waals surface area (Å²) in [7, 11) is 0. The molecule has 0 radical (unpaired) electrons. The minimum atomic E-state index is -0.845. The van der Waals surface area contributed by atoms with Crippen LogP contribution in [0.1, 0.15) is 15.2 Å². The number of rotatable bonds is 1. The van der Waals surface area contributed by atoms with E-state index in [0.717, 1.165) is 15.8 Å². The molecule has 0 unspecified atom stereocenters. The first-order valence-corrected chi connectivity index (χ1v) is 4.31. The minimum absolute atomic E-state index is 0.428. The molecule has 12 heavy (non-hydrogen) atoms. The third kappa shape index (κ3) is 0.848. The normalized spacial score (nSPS) is 10.8. The van der Waals surface area contributed by atoms with Crippen LogP contribution in [-0.2, 0) is 0 Å². The molecule has 0 spiro atoms. The van der Waals surface area contributed by atoms with Crippen molar-refractivity contribution in [2.24, 2.45) is 0 Å². The van der Waals surface area contributed by atoms with Gasteiger partial charge in [-0.15, -0.1) is 11.3 Å². The summed E-state index contributed by atoms with van der Waals surface area (Å²) in [6.07, 6.45) is 1.82. The number of hydrogen-bond acceptors (Lipinski definition) is 2. The second-order valence-corrected chi connectivity index (χ2v) is 3.63. The van der Waals surface area contributed by atoms with E-state index in [9.17, 15) is 4.79 Å². The van der Waals surface area contributed by atoms with Gasteiger partial charge in [-0.3, -0.25) is 0 Å². The van der Waals surface area contributed by atoms with E-state index in [1.165, 1.54) is 11.3 Å². The molecule has 0 bridgehead atoms. The lowest BCUT2D eigenvalue weighted by atomic mass is 10.2. The number of carboxylic acid groups (broad SMARTS) is 1. The Kier molecular flexibility index (Phi) is 1.44. The van der Waals surface area contributed by atoms with Crippen molar-refractivity contribution in [1.82, 2.24) is 4.98 Å². The van der Waals surface area contributed by atoms with E-state index in [1.54, 1.807) is 0 Å². The van der Waals surface area contributed by atoms with Crippen LogP contribution >= 0.6 is 11.3 Å². The summed E-state index contributed by atoms with van der Waals surface area (Å²) in [5, 5.41) is 8.78. The van der Waals surface area contributed by atoms with Crippen LogP contribution < -0.4 is 0 Å². The Morgan fingerprint density at radius 1 is 1.67 bits per heavy atom. The van der Waals surface area contributed by atoms with E-state index in [1.807, 2.05) is 19.2 Å². The number of H-pyrrole nitrogens is 1. The molecule has 0 aromatic carbocycles. The van der Waals surface area contributed by atoms with Crippen LogP contribution in [0.25, 0.3) is 10.2 Å². The molecule has 2 heterocycles. The lowest BCUT2D eigenvalue weighted by molar-refractivity contribution is 0.0701. The van der Waals surface area contributed by atoms with Crippen molar-refractivity contribution in [3.8, 4) is 0 Å². The molecule has 0 fully saturated rings. The maximum Gasteiger partial charge on any atom is 0.346 e. The molecule has 0 aliphatic carbocycles. The van der Waals surface area contributed by atoms with Crippen molar-refractivity contribution >= 4 is 27.5 Å². The third-order valence-electron chi connectivity index (χ3n) is 1.83. The first-order chi connectivity index (χ1) is 5.70. The predicted molar refractivity (Wildman–Crippen MR) is 47.9 cm³/mol. The number of fused-ring (bicyclic) bond motifs is 1. The van der Waals surface area contributed by atoms with Crippen molar-refractivity contribution in [1.29, 1.82) is 0 Å². The van der Waals surface area contributed by atoms with Gasteiger partial charge in [0, 0.05) is 6.20 Å². The Morgan fingerprint density at radius 3 is 3.00 bits per heavy atom. The van der Waals surface area contributed by atoms with E-state index in [0.29, 0.717) is 4.88 Å². The van der Waals surface area contributed by atoms with Crippen molar-refractivity contribution in [2.45, 2.75) is 6.92 Å². The van der Waals surface area contributed by atoms with Gasteiger partial charge in [0.15, 0.2) is 0 Å². The Labute approximate surface area is 72.6 Å². The van der Waals surface area contributed by atoms with E-state index in [2.05, 4.69) is 4.98 Å². The summed E-state index contributed by atoms with van der Waals surface area (Å²) < 4.78 is 1.00. The maximum atomic E-state index is 10.7. The van der Waals surface area contributed by atoms with Gasteiger partial charge < -0.3 is 10.1 Å². The van der Waals surface area contributed by atoms with Crippen LogP contribution in [0.4, 0.5) is 0 Å². The molecule has 0 amide bonds. The van der Waals surface area contributed by atoms with Gasteiger partial charge in [0.1, 0.15) is 4.88 Å². The minimum Gasteiger partial charge on any atom is -0.477 e. The Hall–Kier alpha value is -1.29. The largest absolute Gasteiger partial charge is 0.477 e. The molecule has 2 rings (SSSR count). The van der Waals surface area contributed by atoms with Gasteiger partial charge in [0.05, 0.1) is 10.2 Å². The summed E-state index contributed by atoms with van der Waals surface area (Å²) in [6, 6.07) is 1.89. The van der Waals surface area contributed by atoms with Gasteiger partial charge in [0.25, 0.3) is 0 Å². The molecule has 3 nitrogen and oxygen atoms in total. The number of nitrogens with one attached hydrogen (secondary N) is 1. The van der Waals surface area contributed by atoms with E-state index in [-0.39, 0.29) is 0 Å². The fourth-order valence-corrected chi connectivity index (χ4v) is 2.25. The number of carboxylic acids is 1. The molecule has 2 aromatic heterocycles. The monoisotopic (exact) mass is 181 g/mol. The zero-order valence-electron chi connectivity index (χ0n) is 6.42. The van der Waals surface area contributed by atoms with Crippen molar-refractivity contribution in [3.63, 3.8) is 0 Å². The van der Waals surface area contributed by atoms with Gasteiger partial charge in [-0.2, -0.15) is 0 Å². The first-order valence-electron chi connectivity index (χ1n) is 3.50. The van der Waals surface area contributed by atoms with Crippen LogP contribution in [0, 0.1) is 6.92 Å². The van der Waals surface area contributed by atoms with Crippen LogP contribution in [0.2, 0.25) is 0 Å². The van der Waals surface area contributed by atoms with Gasteiger partial charge in [-0.1, -0.05) is 0 Å². The van der Waals surface area contributed by atoms with E-state index < -0.39 is 5.97 Å². The number of aryl methyl sites for hydroxylation is 1. The summed E-state index contributed by atoms with van der Waals surface area (Å²) in [5.74, 6) is -0.845. The number of aromatic nitrogens is 1. The smallest absolute Gasteiger partial charge is 0.346 e. The summed E-state index contributed by atoms with van der Waals surface area (Å²) in [6.45, 7) is 1.82. The van der Waals surface area contributed by atoms with Crippen molar-refractivity contribution in [3.05, 3.63) is 22.7 Å². The molecule has 0 aliphatic heterocycles.